The summed E-state index contributed by atoms with van der Waals surface area (Å²) in [6, 6.07) is 13.2. The topological polar surface area (TPSA) is 113 Å². The normalized spacial score (nSPS) is 14.8. The van der Waals surface area contributed by atoms with E-state index in [0.29, 0.717) is 29.1 Å². The Morgan fingerprint density at radius 3 is 2.60 bits per heavy atom. The number of rotatable bonds is 5. The van der Waals surface area contributed by atoms with E-state index in [1.54, 1.807) is 42.5 Å². The van der Waals surface area contributed by atoms with Gasteiger partial charge in [0.15, 0.2) is 5.84 Å². The SMILES string of the molecule is CC(C)CCNn1c(=O)c(C2=NS(=O)(=O)c3ccccc3N2)c(O)c2ccccc21. The van der Waals surface area contributed by atoms with Crippen LogP contribution >= 0.6 is 0 Å². The molecule has 0 spiro atoms. The van der Waals surface area contributed by atoms with Crippen LogP contribution in [0.1, 0.15) is 25.8 Å². The maximum absolute atomic E-state index is 13.3. The Hall–Kier alpha value is -3.33. The minimum atomic E-state index is -4.02. The third-order valence-electron chi connectivity index (χ3n) is 4.91. The molecule has 1 aliphatic rings. The molecule has 8 nitrogen and oxygen atoms in total. The molecular weight excluding hydrogens is 404 g/mol. The van der Waals surface area contributed by atoms with E-state index in [0.717, 1.165) is 6.42 Å². The van der Waals surface area contributed by atoms with Crippen LogP contribution in [0.5, 0.6) is 5.75 Å². The van der Waals surface area contributed by atoms with Crippen molar-refractivity contribution in [2.45, 2.75) is 25.2 Å². The van der Waals surface area contributed by atoms with Crippen molar-refractivity contribution in [3.8, 4) is 5.75 Å². The average Bonchev–Trinajstić information content (AvgIpc) is 2.70. The number of hydrogen-bond donors (Lipinski definition) is 3. The van der Waals surface area contributed by atoms with Gasteiger partial charge >= 0.3 is 0 Å². The van der Waals surface area contributed by atoms with Crippen LogP contribution in [0.25, 0.3) is 10.9 Å². The molecule has 0 amide bonds. The summed E-state index contributed by atoms with van der Waals surface area (Å²) >= 11 is 0. The zero-order valence-electron chi connectivity index (χ0n) is 16.6. The molecular formula is C21H22N4O4S. The highest BCUT2D eigenvalue weighted by atomic mass is 32.2. The molecule has 0 atom stereocenters. The number of nitrogens with zero attached hydrogens (tertiary/aromatic N) is 2. The molecule has 9 heteroatoms. The summed E-state index contributed by atoms with van der Waals surface area (Å²) in [4.78, 5) is 13.3. The predicted molar refractivity (Wildman–Crippen MR) is 117 cm³/mol. The van der Waals surface area contributed by atoms with E-state index in [1.807, 2.05) is 0 Å². The number of para-hydroxylation sites is 2. The van der Waals surface area contributed by atoms with Crippen molar-refractivity contribution in [1.82, 2.24) is 4.68 Å². The molecule has 2 heterocycles. The van der Waals surface area contributed by atoms with Crippen LogP contribution in [0.2, 0.25) is 0 Å². The van der Waals surface area contributed by atoms with Crippen LogP contribution in [0, 0.1) is 5.92 Å². The minimum Gasteiger partial charge on any atom is -0.506 e. The molecule has 0 aliphatic carbocycles. The molecule has 0 radical (unpaired) electrons. The van der Waals surface area contributed by atoms with Crippen molar-refractivity contribution >= 4 is 32.4 Å². The third kappa shape index (κ3) is 3.41. The minimum absolute atomic E-state index is 0.0180. The first-order valence-corrected chi connectivity index (χ1v) is 11.1. The Morgan fingerprint density at radius 2 is 1.83 bits per heavy atom. The van der Waals surface area contributed by atoms with Gasteiger partial charge < -0.3 is 15.8 Å². The zero-order chi connectivity index (χ0) is 21.5. The van der Waals surface area contributed by atoms with Gasteiger partial charge in [-0.2, -0.15) is 8.42 Å². The predicted octanol–water partition coefficient (Wildman–Crippen LogP) is 2.86. The second-order valence-electron chi connectivity index (χ2n) is 7.51. The highest BCUT2D eigenvalue weighted by Gasteiger charge is 2.29. The molecule has 3 N–H and O–H groups in total. The van der Waals surface area contributed by atoms with Crippen LogP contribution in [0.15, 0.2) is 62.6 Å². The number of aromatic nitrogens is 1. The lowest BCUT2D eigenvalue weighted by molar-refractivity contribution is 0.478. The second kappa shape index (κ2) is 7.49. The molecule has 0 fully saturated rings. The van der Waals surface area contributed by atoms with Gasteiger partial charge in [0.2, 0.25) is 0 Å². The van der Waals surface area contributed by atoms with Gasteiger partial charge in [-0.25, -0.2) is 4.68 Å². The summed E-state index contributed by atoms with van der Waals surface area (Å²) in [7, 11) is -4.02. The van der Waals surface area contributed by atoms with Gasteiger partial charge in [0.25, 0.3) is 15.6 Å². The van der Waals surface area contributed by atoms with E-state index in [2.05, 4.69) is 29.0 Å². The van der Waals surface area contributed by atoms with Crippen molar-refractivity contribution in [3.05, 3.63) is 64.4 Å². The first kappa shape index (κ1) is 20.0. The van der Waals surface area contributed by atoms with Gasteiger partial charge in [0.1, 0.15) is 16.2 Å². The lowest BCUT2D eigenvalue weighted by Crippen LogP contribution is -2.36. The van der Waals surface area contributed by atoms with E-state index < -0.39 is 15.6 Å². The summed E-state index contributed by atoms with van der Waals surface area (Å²) in [5.41, 5.74) is 3.10. The molecule has 156 valence electrons. The van der Waals surface area contributed by atoms with Crippen molar-refractivity contribution in [2.24, 2.45) is 10.3 Å². The summed E-state index contributed by atoms with van der Waals surface area (Å²) < 4.78 is 30.4. The van der Waals surface area contributed by atoms with Gasteiger partial charge in [-0.05, 0) is 36.6 Å². The summed E-state index contributed by atoms with van der Waals surface area (Å²) in [6.45, 7) is 4.69. The Kier molecular flexibility index (Phi) is 4.98. The molecule has 0 unspecified atom stereocenters. The molecule has 1 aromatic heterocycles. The van der Waals surface area contributed by atoms with Gasteiger partial charge in [0.05, 0.1) is 11.2 Å². The van der Waals surface area contributed by atoms with Crippen molar-refractivity contribution in [1.29, 1.82) is 0 Å². The summed E-state index contributed by atoms with van der Waals surface area (Å²) in [6.07, 6.45) is 0.831. The quantitative estimate of drug-likeness (QED) is 0.578. The van der Waals surface area contributed by atoms with E-state index in [1.165, 1.54) is 10.7 Å². The Bertz CT molecular complexity index is 1330. The second-order valence-corrected chi connectivity index (χ2v) is 9.08. The Labute approximate surface area is 173 Å². The maximum atomic E-state index is 13.3. The fraction of sp³-hybridized carbons (Fsp3) is 0.238. The third-order valence-corrected chi connectivity index (χ3v) is 6.25. The fourth-order valence-corrected chi connectivity index (χ4v) is 4.51. The number of pyridine rings is 1. The smallest absolute Gasteiger partial charge is 0.286 e. The number of sulfonamides is 1. The standard InChI is InChI=1S/C21H22N4O4S/c1-13(2)11-12-22-25-16-9-5-3-7-14(16)19(26)18(21(25)27)20-23-15-8-4-6-10-17(15)30(28,29)24-20/h3-10,13,22,26H,11-12H2,1-2H3,(H,23,24). The van der Waals surface area contributed by atoms with E-state index in [4.69, 9.17) is 0 Å². The first-order valence-electron chi connectivity index (χ1n) is 9.61. The number of benzene rings is 2. The van der Waals surface area contributed by atoms with Gasteiger partial charge in [-0.1, -0.05) is 38.1 Å². The average molecular weight is 426 g/mol. The van der Waals surface area contributed by atoms with Gasteiger partial charge in [-0.15, -0.1) is 4.40 Å². The zero-order valence-corrected chi connectivity index (χ0v) is 17.4. The lowest BCUT2D eigenvalue weighted by Gasteiger charge is -2.21. The summed E-state index contributed by atoms with van der Waals surface area (Å²) in [5, 5.41) is 14.2. The number of nitrogens with one attached hydrogen (secondary N) is 2. The van der Waals surface area contributed by atoms with E-state index in [-0.39, 0.29) is 22.0 Å². The molecule has 1 aliphatic heterocycles. The molecule has 0 saturated heterocycles. The molecule has 0 saturated carbocycles. The summed E-state index contributed by atoms with van der Waals surface area (Å²) in [5.74, 6) is -0.0956. The first-order chi connectivity index (χ1) is 14.3. The van der Waals surface area contributed by atoms with Crippen LogP contribution in [-0.4, -0.2) is 30.6 Å². The van der Waals surface area contributed by atoms with Crippen molar-refractivity contribution < 1.29 is 13.5 Å². The fourth-order valence-electron chi connectivity index (χ4n) is 3.38. The Morgan fingerprint density at radius 1 is 1.13 bits per heavy atom. The molecule has 2 aromatic carbocycles. The Balaban J connectivity index is 1.92. The highest BCUT2D eigenvalue weighted by molar-refractivity contribution is 7.90. The van der Waals surface area contributed by atoms with Crippen molar-refractivity contribution in [2.75, 3.05) is 17.3 Å². The van der Waals surface area contributed by atoms with Crippen LogP contribution < -0.4 is 16.3 Å². The van der Waals surface area contributed by atoms with Crippen LogP contribution in [-0.2, 0) is 10.0 Å². The monoisotopic (exact) mass is 426 g/mol. The van der Waals surface area contributed by atoms with Crippen LogP contribution in [0.4, 0.5) is 5.69 Å². The number of fused-ring (bicyclic) bond motifs is 2. The molecule has 0 bridgehead atoms. The van der Waals surface area contributed by atoms with E-state index in [9.17, 15) is 18.3 Å². The van der Waals surface area contributed by atoms with Gasteiger partial charge in [0, 0.05) is 11.9 Å². The largest absolute Gasteiger partial charge is 0.506 e. The maximum Gasteiger partial charge on any atom is 0.286 e. The van der Waals surface area contributed by atoms with Gasteiger partial charge in [-0.3, -0.25) is 4.79 Å². The highest BCUT2D eigenvalue weighted by Crippen LogP contribution is 2.31. The number of anilines is 1. The lowest BCUT2D eigenvalue weighted by atomic mass is 10.1. The number of amidine groups is 1. The molecule has 30 heavy (non-hydrogen) atoms. The van der Waals surface area contributed by atoms with E-state index >= 15 is 0 Å². The molecule has 4 rings (SSSR count). The van der Waals surface area contributed by atoms with Crippen LogP contribution in [0.3, 0.4) is 0 Å². The molecule has 3 aromatic rings. The van der Waals surface area contributed by atoms with Crippen molar-refractivity contribution in [3.63, 3.8) is 0 Å². The number of aromatic hydroxyl groups is 1. The number of hydrogen-bond acceptors (Lipinski definition) is 6.